The Morgan fingerprint density at radius 2 is 2.14 bits per heavy atom. The van der Waals surface area contributed by atoms with Crippen LogP contribution in [0.5, 0.6) is 0 Å². The lowest BCUT2D eigenvalue weighted by Crippen LogP contribution is -2.09. The summed E-state index contributed by atoms with van der Waals surface area (Å²) in [4.78, 5) is 20.6. The van der Waals surface area contributed by atoms with E-state index in [4.69, 9.17) is 0 Å². The van der Waals surface area contributed by atoms with E-state index in [1.807, 2.05) is 24.3 Å². The van der Waals surface area contributed by atoms with Gasteiger partial charge in [-0.15, -0.1) is 4.91 Å². The molecule has 1 aromatic carbocycles. The Bertz CT molecular complexity index is 326. The van der Waals surface area contributed by atoms with E-state index in [0.29, 0.717) is 12.8 Å². The first-order valence-corrected chi connectivity index (χ1v) is 4.38. The van der Waals surface area contributed by atoms with Crippen molar-refractivity contribution in [2.45, 2.75) is 12.8 Å². The second-order valence-corrected chi connectivity index (χ2v) is 2.94. The topological polar surface area (TPSA) is 49.7 Å². The van der Waals surface area contributed by atoms with E-state index in [1.165, 1.54) is 5.01 Å². The molecule has 0 fully saturated rings. The molecule has 4 heteroatoms. The van der Waals surface area contributed by atoms with Crippen molar-refractivity contribution in [3.8, 4) is 0 Å². The number of benzene rings is 1. The molecule has 0 amide bonds. The van der Waals surface area contributed by atoms with Gasteiger partial charge in [0.25, 0.3) is 0 Å². The number of nitroso groups, excluding NO2 is 1. The van der Waals surface area contributed by atoms with Crippen LogP contribution in [0.1, 0.15) is 12.0 Å². The smallest absolute Gasteiger partial charge is 0.120 e. The Kier molecular flexibility index (Phi) is 3.79. The fourth-order valence-corrected chi connectivity index (χ4v) is 1.30. The Morgan fingerprint density at radius 3 is 2.79 bits per heavy atom. The first-order chi connectivity index (χ1) is 6.79. The molecule has 0 spiro atoms. The van der Waals surface area contributed by atoms with Crippen molar-refractivity contribution < 1.29 is 4.79 Å². The Balaban J connectivity index is 2.90. The van der Waals surface area contributed by atoms with Gasteiger partial charge in [0.05, 0.1) is 11.0 Å². The third kappa shape index (κ3) is 2.39. The molecule has 0 aliphatic heterocycles. The lowest BCUT2D eigenvalue weighted by Gasteiger charge is -2.12. The molecule has 4 nitrogen and oxygen atoms in total. The van der Waals surface area contributed by atoms with Gasteiger partial charge in [0.15, 0.2) is 0 Å². The lowest BCUT2D eigenvalue weighted by atomic mass is 10.1. The molecular formula is C10H12N2O2. The molecule has 74 valence electrons. The van der Waals surface area contributed by atoms with Crippen LogP contribution in [0.2, 0.25) is 0 Å². The van der Waals surface area contributed by atoms with E-state index >= 15 is 0 Å². The predicted molar refractivity (Wildman–Crippen MR) is 55.0 cm³/mol. The first kappa shape index (κ1) is 10.4. The minimum Gasteiger partial charge on any atom is -0.303 e. The highest BCUT2D eigenvalue weighted by Gasteiger charge is 2.05. The number of anilines is 1. The molecule has 0 saturated heterocycles. The summed E-state index contributed by atoms with van der Waals surface area (Å²) < 4.78 is 0. The van der Waals surface area contributed by atoms with E-state index in [1.54, 1.807) is 7.05 Å². The first-order valence-electron chi connectivity index (χ1n) is 4.38. The van der Waals surface area contributed by atoms with E-state index in [2.05, 4.69) is 5.29 Å². The van der Waals surface area contributed by atoms with Crippen molar-refractivity contribution in [1.29, 1.82) is 0 Å². The molecule has 0 aromatic heterocycles. The Morgan fingerprint density at radius 1 is 1.43 bits per heavy atom. The number of para-hydroxylation sites is 1. The standard InChI is InChI=1S/C10H12N2O2/c1-12(11-14)10-7-3-2-5-9(10)6-4-8-13/h2-3,5,7-8H,4,6H2,1H3. The molecule has 0 heterocycles. The van der Waals surface area contributed by atoms with Gasteiger partial charge in [-0.05, 0) is 18.1 Å². The molecule has 0 radical (unpaired) electrons. The van der Waals surface area contributed by atoms with Gasteiger partial charge in [0, 0.05) is 13.5 Å². The maximum absolute atomic E-state index is 10.3. The van der Waals surface area contributed by atoms with E-state index in [0.717, 1.165) is 17.5 Å². The number of nitrogens with zero attached hydrogens (tertiary/aromatic N) is 2. The van der Waals surface area contributed by atoms with Gasteiger partial charge in [-0.25, -0.2) is 5.01 Å². The monoisotopic (exact) mass is 192 g/mol. The fourth-order valence-electron chi connectivity index (χ4n) is 1.30. The summed E-state index contributed by atoms with van der Waals surface area (Å²) in [5.74, 6) is 0. The minimum atomic E-state index is 0.462. The predicted octanol–water partition coefficient (Wildman–Crippen LogP) is 1.94. The number of rotatable bonds is 5. The van der Waals surface area contributed by atoms with Gasteiger partial charge < -0.3 is 4.79 Å². The third-order valence-corrected chi connectivity index (χ3v) is 1.99. The van der Waals surface area contributed by atoms with Gasteiger partial charge in [-0.1, -0.05) is 18.2 Å². The second kappa shape index (κ2) is 5.11. The van der Waals surface area contributed by atoms with Crippen molar-refractivity contribution in [2.75, 3.05) is 12.1 Å². The normalized spacial score (nSPS) is 9.50. The minimum absolute atomic E-state index is 0.462. The zero-order chi connectivity index (χ0) is 10.4. The number of carbonyl (C=O) groups excluding carboxylic acids is 1. The van der Waals surface area contributed by atoms with Crippen LogP contribution in [-0.4, -0.2) is 13.3 Å². The number of aldehydes is 1. The molecule has 0 bridgehead atoms. The van der Waals surface area contributed by atoms with Crippen LogP contribution in [-0.2, 0) is 11.2 Å². The quantitative estimate of drug-likeness (QED) is 0.407. The van der Waals surface area contributed by atoms with Gasteiger partial charge in [0.1, 0.15) is 6.29 Å². The van der Waals surface area contributed by atoms with E-state index in [-0.39, 0.29) is 0 Å². The van der Waals surface area contributed by atoms with Crippen LogP contribution in [0.25, 0.3) is 0 Å². The summed E-state index contributed by atoms with van der Waals surface area (Å²) in [7, 11) is 1.59. The molecule has 0 aliphatic carbocycles. The number of aryl methyl sites for hydroxylation is 1. The van der Waals surface area contributed by atoms with E-state index in [9.17, 15) is 9.70 Å². The average Bonchev–Trinajstić information content (AvgIpc) is 2.25. The molecule has 0 aliphatic rings. The molecule has 1 rings (SSSR count). The highest BCUT2D eigenvalue weighted by molar-refractivity contribution is 5.55. The summed E-state index contributed by atoms with van der Waals surface area (Å²) in [5.41, 5.74) is 1.71. The summed E-state index contributed by atoms with van der Waals surface area (Å²) in [5, 5.41) is 4.09. The molecule has 0 atom stereocenters. The number of hydrogen-bond acceptors (Lipinski definition) is 3. The Hall–Kier alpha value is -1.71. The van der Waals surface area contributed by atoms with Gasteiger partial charge in [-0.2, -0.15) is 0 Å². The van der Waals surface area contributed by atoms with Gasteiger partial charge in [0.2, 0.25) is 0 Å². The van der Waals surface area contributed by atoms with Crippen molar-refractivity contribution in [3.05, 3.63) is 34.7 Å². The third-order valence-electron chi connectivity index (χ3n) is 1.99. The summed E-state index contributed by atoms with van der Waals surface area (Å²) in [6.45, 7) is 0. The SMILES string of the molecule is CN(N=O)c1ccccc1CCC=O. The maximum Gasteiger partial charge on any atom is 0.120 e. The van der Waals surface area contributed by atoms with Gasteiger partial charge >= 0.3 is 0 Å². The average molecular weight is 192 g/mol. The molecule has 0 saturated carbocycles. The molecule has 0 N–H and O–H groups in total. The summed E-state index contributed by atoms with van der Waals surface area (Å²) >= 11 is 0. The highest BCUT2D eigenvalue weighted by atomic mass is 16.3. The van der Waals surface area contributed by atoms with Crippen molar-refractivity contribution >= 4 is 12.0 Å². The lowest BCUT2D eigenvalue weighted by molar-refractivity contribution is -0.107. The zero-order valence-corrected chi connectivity index (χ0v) is 8.01. The van der Waals surface area contributed by atoms with Crippen LogP contribution >= 0.6 is 0 Å². The van der Waals surface area contributed by atoms with E-state index < -0.39 is 0 Å². The van der Waals surface area contributed by atoms with Crippen LogP contribution in [0.15, 0.2) is 29.6 Å². The van der Waals surface area contributed by atoms with Gasteiger partial charge in [-0.3, -0.25) is 0 Å². The number of carbonyl (C=O) groups is 1. The molecule has 1 aromatic rings. The van der Waals surface area contributed by atoms with Crippen LogP contribution in [0, 0.1) is 4.91 Å². The molecular weight excluding hydrogens is 180 g/mol. The molecule has 0 unspecified atom stereocenters. The van der Waals surface area contributed by atoms with Crippen molar-refractivity contribution in [1.82, 2.24) is 0 Å². The summed E-state index contributed by atoms with van der Waals surface area (Å²) in [6, 6.07) is 7.41. The second-order valence-electron chi connectivity index (χ2n) is 2.94. The van der Waals surface area contributed by atoms with Crippen LogP contribution in [0.3, 0.4) is 0 Å². The maximum atomic E-state index is 10.3. The zero-order valence-electron chi connectivity index (χ0n) is 8.01. The van der Waals surface area contributed by atoms with Crippen LogP contribution < -0.4 is 5.01 Å². The Labute approximate surface area is 82.5 Å². The molecule has 14 heavy (non-hydrogen) atoms. The van der Waals surface area contributed by atoms with Crippen molar-refractivity contribution in [2.24, 2.45) is 5.29 Å². The highest BCUT2D eigenvalue weighted by Crippen LogP contribution is 2.20. The largest absolute Gasteiger partial charge is 0.303 e. The fraction of sp³-hybridized carbons (Fsp3) is 0.300. The van der Waals surface area contributed by atoms with Crippen molar-refractivity contribution in [3.63, 3.8) is 0 Å². The van der Waals surface area contributed by atoms with Crippen LogP contribution in [0.4, 0.5) is 5.69 Å². The summed E-state index contributed by atoms with van der Waals surface area (Å²) in [6.07, 6.45) is 1.97. The number of hydrogen-bond donors (Lipinski definition) is 0.